The lowest BCUT2D eigenvalue weighted by Gasteiger charge is -2.35. The van der Waals surface area contributed by atoms with Crippen LogP contribution in [0, 0.1) is 5.82 Å². The summed E-state index contributed by atoms with van der Waals surface area (Å²) in [4.78, 5) is 25.6. The number of ether oxygens (including phenoxy) is 1. The highest BCUT2D eigenvalue weighted by Crippen LogP contribution is 2.34. The zero-order valence-corrected chi connectivity index (χ0v) is 18.7. The number of halogens is 1. The Bertz CT molecular complexity index is 1290. The van der Waals surface area contributed by atoms with Crippen LogP contribution < -0.4 is 15.0 Å². The molecular formula is C23H21FN6O2S. The Kier molecular flexibility index (Phi) is 5.74. The quantitative estimate of drug-likeness (QED) is 0.486. The number of benzene rings is 2. The molecule has 1 fully saturated rings. The van der Waals surface area contributed by atoms with Crippen molar-refractivity contribution >= 4 is 39.3 Å². The Morgan fingerprint density at radius 3 is 2.64 bits per heavy atom. The number of rotatable bonds is 4. The van der Waals surface area contributed by atoms with Crippen molar-refractivity contribution in [3.05, 3.63) is 60.7 Å². The molecule has 1 N–H and O–H groups in total. The number of nitrogens with zero attached hydrogens (tertiary/aromatic N) is 5. The van der Waals surface area contributed by atoms with Crippen LogP contribution in [0.4, 0.5) is 20.7 Å². The number of anilines is 2. The van der Waals surface area contributed by atoms with E-state index in [-0.39, 0.29) is 11.8 Å². The molecule has 0 radical (unpaired) electrons. The van der Waals surface area contributed by atoms with Gasteiger partial charge in [0, 0.05) is 43.5 Å². The number of hydrogen-bond acceptors (Lipinski definition) is 7. The van der Waals surface area contributed by atoms with Gasteiger partial charge >= 0.3 is 6.03 Å². The zero-order valence-electron chi connectivity index (χ0n) is 17.9. The fraction of sp³-hybridized carbons (Fsp3) is 0.217. The molecular weight excluding hydrogens is 443 g/mol. The van der Waals surface area contributed by atoms with Gasteiger partial charge in [-0.05, 0) is 47.9 Å². The van der Waals surface area contributed by atoms with Gasteiger partial charge in [-0.1, -0.05) is 6.07 Å². The topological polar surface area (TPSA) is 83.5 Å². The van der Waals surface area contributed by atoms with Gasteiger partial charge in [0.05, 0.1) is 7.11 Å². The standard InChI is InChI=1S/C23H21FN6O2S/c1-32-18-4-2-3-17(13-18)27-23(31)30-11-9-29(10-12-30)22-21-20(25-14-26-22)19(28-33-21)15-5-7-16(24)8-6-15/h2-8,13-14H,9-12H2,1H3,(H,27,31). The molecule has 5 rings (SSSR count). The summed E-state index contributed by atoms with van der Waals surface area (Å²) in [6.45, 7) is 2.40. The lowest BCUT2D eigenvalue weighted by atomic mass is 10.1. The van der Waals surface area contributed by atoms with Crippen molar-refractivity contribution in [1.29, 1.82) is 0 Å². The van der Waals surface area contributed by atoms with Crippen LogP contribution in [0.1, 0.15) is 0 Å². The van der Waals surface area contributed by atoms with Gasteiger partial charge in [-0.25, -0.2) is 19.2 Å². The van der Waals surface area contributed by atoms with E-state index in [0.717, 1.165) is 27.3 Å². The molecule has 0 aliphatic carbocycles. The van der Waals surface area contributed by atoms with Gasteiger partial charge in [0.1, 0.15) is 33.8 Å². The molecule has 2 amide bonds. The number of aromatic nitrogens is 3. The molecule has 10 heteroatoms. The van der Waals surface area contributed by atoms with E-state index in [1.807, 2.05) is 18.2 Å². The molecule has 2 aromatic carbocycles. The van der Waals surface area contributed by atoms with E-state index in [0.29, 0.717) is 37.6 Å². The van der Waals surface area contributed by atoms with Crippen LogP contribution in [0.2, 0.25) is 0 Å². The van der Waals surface area contributed by atoms with Gasteiger partial charge < -0.3 is 19.9 Å². The monoisotopic (exact) mass is 464 g/mol. The molecule has 1 aliphatic rings. The van der Waals surface area contributed by atoms with Crippen molar-refractivity contribution in [3.8, 4) is 17.0 Å². The van der Waals surface area contributed by atoms with E-state index in [1.54, 1.807) is 30.2 Å². The molecule has 2 aromatic heterocycles. The minimum atomic E-state index is -0.290. The first-order valence-electron chi connectivity index (χ1n) is 10.4. The van der Waals surface area contributed by atoms with E-state index in [4.69, 9.17) is 4.74 Å². The number of urea groups is 1. The summed E-state index contributed by atoms with van der Waals surface area (Å²) < 4.78 is 24.0. The Labute approximate surface area is 193 Å². The Hall–Kier alpha value is -3.79. The van der Waals surface area contributed by atoms with Crippen LogP contribution in [0.25, 0.3) is 21.5 Å². The highest BCUT2D eigenvalue weighted by atomic mass is 32.1. The van der Waals surface area contributed by atoms with E-state index >= 15 is 0 Å². The molecule has 33 heavy (non-hydrogen) atoms. The normalized spacial score (nSPS) is 13.9. The molecule has 0 spiro atoms. The number of amides is 2. The second-order valence-electron chi connectivity index (χ2n) is 7.55. The first-order chi connectivity index (χ1) is 16.1. The maximum absolute atomic E-state index is 13.3. The summed E-state index contributed by atoms with van der Waals surface area (Å²) >= 11 is 1.33. The number of hydrogen-bond donors (Lipinski definition) is 1. The minimum Gasteiger partial charge on any atom is -0.497 e. The Balaban J connectivity index is 1.29. The molecule has 168 valence electrons. The summed E-state index contributed by atoms with van der Waals surface area (Å²) in [7, 11) is 1.59. The number of methoxy groups -OCH3 is 1. The molecule has 4 aromatic rings. The average molecular weight is 465 g/mol. The van der Waals surface area contributed by atoms with E-state index in [9.17, 15) is 9.18 Å². The Morgan fingerprint density at radius 1 is 1.09 bits per heavy atom. The first-order valence-corrected chi connectivity index (χ1v) is 11.2. The van der Waals surface area contributed by atoms with Crippen LogP contribution in [0.3, 0.4) is 0 Å². The highest BCUT2D eigenvalue weighted by Gasteiger charge is 2.25. The van der Waals surface area contributed by atoms with Crippen LogP contribution >= 0.6 is 11.5 Å². The number of carbonyl (C=O) groups excluding carboxylic acids is 1. The number of piperazine rings is 1. The number of nitrogens with one attached hydrogen (secondary N) is 1. The van der Waals surface area contributed by atoms with E-state index in [1.165, 1.54) is 30.0 Å². The van der Waals surface area contributed by atoms with Gasteiger partial charge in [0.2, 0.25) is 0 Å². The van der Waals surface area contributed by atoms with Crippen molar-refractivity contribution in [2.75, 3.05) is 43.5 Å². The van der Waals surface area contributed by atoms with Crippen molar-refractivity contribution in [2.24, 2.45) is 0 Å². The van der Waals surface area contributed by atoms with Crippen LogP contribution in [0.15, 0.2) is 54.9 Å². The van der Waals surface area contributed by atoms with E-state index in [2.05, 4.69) is 24.6 Å². The van der Waals surface area contributed by atoms with Crippen molar-refractivity contribution in [2.45, 2.75) is 0 Å². The summed E-state index contributed by atoms with van der Waals surface area (Å²) in [5, 5.41) is 2.92. The highest BCUT2D eigenvalue weighted by molar-refractivity contribution is 7.14. The smallest absolute Gasteiger partial charge is 0.321 e. The van der Waals surface area contributed by atoms with Crippen LogP contribution in [-0.2, 0) is 0 Å². The van der Waals surface area contributed by atoms with Gasteiger partial charge in [0.25, 0.3) is 0 Å². The van der Waals surface area contributed by atoms with Crippen molar-refractivity contribution in [3.63, 3.8) is 0 Å². The number of carbonyl (C=O) groups is 1. The Morgan fingerprint density at radius 2 is 1.88 bits per heavy atom. The first kappa shape index (κ1) is 21.1. The summed E-state index contributed by atoms with van der Waals surface area (Å²) in [6.07, 6.45) is 1.53. The predicted molar refractivity (Wildman–Crippen MR) is 126 cm³/mol. The molecule has 0 unspecified atom stereocenters. The molecule has 0 saturated carbocycles. The fourth-order valence-corrected chi connectivity index (χ4v) is 4.67. The van der Waals surface area contributed by atoms with Crippen LogP contribution in [-0.4, -0.2) is 58.6 Å². The molecule has 1 saturated heterocycles. The van der Waals surface area contributed by atoms with Gasteiger partial charge in [-0.15, -0.1) is 0 Å². The summed E-state index contributed by atoms with van der Waals surface area (Å²) in [5.41, 5.74) is 2.97. The van der Waals surface area contributed by atoms with Crippen LogP contribution in [0.5, 0.6) is 5.75 Å². The van der Waals surface area contributed by atoms with Gasteiger partial charge in [-0.3, -0.25) is 0 Å². The summed E-state index contributed by atoms with van der Waals surface area (Å²) in [6, 6.07) is 13.4. The molecule has 0 bridgehead atoms. The number of fused-ring (bicyclic) bond motifs is 1. The predicted octanol–water partition coefficient (Wildman–Crippen LogP) is 4.26. The maximum atomic E-state index is 13.3. The SMILES string of the molecule is COc1cccc(NC(=O)N2CCN(c3ncnc4c(-c5ccc(F)cc5)nsc34)CC2)c1. The second-order valence-corrected chi connectivity index (χ2v) is 8.32. The fourth-order valence-electron chi connectivity index (χ4n) is 3.80. The molecule has 8 nitrogen and oxygen atoms in total. The van der Waals surface area contributed by atoms with E-state index < -0.39 is 0 Å². The zero-order chi connectivity index (χ0) is 22.8. The van der Waals surface area contributed by atoms with Crippen molar-refractivity contribution in [1.82, 2.24) is 19.2 Å². The third kappa shape index (κ3) is 4.29. The molecule has 3 heterocycles. The molecule has 1 aliphatic heterocycles. The lowest BCUT2D eigenvalue weighted by Crippen LogP contribution is -2.50. The lowest BCUT2D eigenvalue weighted by molar-refractivity contribution is 0.208. The van der Waals surface area contributed by atoms with Gasteiger partial charge in [0.15, 0.2) is 5.82 Å². The van der Waals surface area contributed by atoms with Crippen molar-refractivity contribution < 1.29 is 13.9 Å². The third-order valence-corrected chi connectivity index (χ3v) is 6.37. The largest absolute Gasteiger partial charge is 0.497 e. The summed E-state index contributed by atoms with van der Waals surface area (Å²) in [5.74, 6) is 1.20. The average Bonchev–Trinajstić information content (AvgIpc) is 3.29. The minimum absolute atomic E-state index is 0.146. The molecule has 0 atom stereocenters. The third-order valence-electron chi connectivity index (χ3n) is 5.54. The maximum Gasteiger partial charge on any atom is 0.321 e. The second kappa shape index (κ2) is 8.99. The van der Waals surface area contributed by atoms with Gasteiger partial charge in [-0.2, -0.15) is 4.37 Å².